The molecule has 0 spiro atoms. The van der Waals surface area contributed by atoms with Crippen molar-refractivity contribution < 1.29 is 13.3 Å². The van der Waals surface area contributed by atoms with Gasteiger partial charge in [0.1, 0.15) is 0 Å². The summed E-state index contributed by atoms with van der Waals surface area (Å²) < 4.78 is 18.1. The van der Waals surface area contributed by atoms with Gasteiger partial charge in [-0.25, -0.2) is 0 Å². The number of unbranched alkanes of at least 4 members (excludes halogenated alkanes) is 3. The van der Waals surface area contributed by atoms with Crippen molar-refractivity contribution in [2.24, 2.45) is 5.73 Å². The van der Waals surface area contributed by atoms with Crippen molar-refractivity contribution in [3.8, 4) is 0 Å². The van der Waals surface area contributed by atoms with Crippen molar-refractivity contribution >= 4 is 8.80 Å². The third kappa shape index (κ3) is 9.85. The lowest BCUT2D eigenvalue weighted by Gasteiger charge is -2.30. The van der Waals surface area contributed by atoms with Crippen LogP contribution in [-0.4, -0.2) is 41.5 Å². The minimum Gasteiger partial charge on any atom is -0.373 e. The molecule has 0 unspecified atom stereocenters. The molecular weight excluding hydrogens is 272 g/mol. The second-order valence-corrected chi connectivity index (χ2v) is 7.51. The van der Waals surface area contributed by atoms with Gasteiger partial charge in [0.2, 0.25) is 0 Å². The van der Waals surface area contributed by atoms with Gasteiger partial charge in [0.05, 0.1) is 6.17 Å². The third-order valence-electron chi connectivity index (χ3n) is 2.95. The van der Waals surface area contributed by atoms with Crippen molar-refractivity contribution in [2.75, 3.05) is 32.7 Å². The summed E-state index contributed by atoms with van der Waals surface area (Å²) in [6.45, 7) is 8.98. The molecule has 6 heteroatoms. The van der Waals surface area contributed by atoms with Gasteiger partial charge in [-0.1, -0.05) is 40.0 Å². The van der Waals surface area contributed by atoms with Gasteiger partial charge in [-0.15, -0.1) is 0 Å². The molecule has 0 radical (unpaired) electrons. The molecular formula is C14H34N2O3Si. The molecule has 0 atom stereocenters. The summed E-state index contributed by atoms with van der Waals surface area (Å²) in [6, 6.07) is 0. The predicted octanol–water partition coefficient (Wildman–Crippen LogP) is 2.42. The lowest BCUT2D eigenvalue weighted by atomic mass is 10.4. The Morgan fingerprint density at radius 3 is 1.50 bits per heavy atom. The molecule has 0 aromatic carbocycles. The molecule has 0 heterocycles. The van der Waals surface area contributed by atoms with Gasteiger partial charge < -0.3 is 24.3 Å². The highest BCUT2D eigenvalue weighted by molar-refractivity contribution is 6.60. The van der Waals surface area contributed by atoms with E-state index in [0.29, 0.717) is 32.7 Å². The fourth-order valence-electron chi connectivity index (χ4n) is 1.62. The van der Waals surface area contributed by atoms with Gasteiger partial charge in [0.15, 0.2) is 0 Å². The maximum Gasteiger partial charge on any atom is 0.515 e. The summed E-state index contributed by atoms with van der Waals surface area (Å²) in [4.78, 5) is 0. The van der Waals surface area contributed by atoms with Crippen LogP contribution in [0.2, 0.25) is 0 Å². The molecule has 0 aliphatic rings. The number of hydrogen-bond donors (Lipinski definition) is 2. The van der Waals surface area contributed by atoms with E-state index in [9.17, 15) is 0 Å². The molecule has 0 aliphatic heterocycles. The van der Waals surface area contributed by atoms with Crippen LogP contribution in [0.3, 0.4) is 0 Å². The summed E-state index contributed by atoms with van der Waals surface area (Å²) in [6.07, 6.45) is 7.03. The average Bonchev–Trinajstić information content (AvgIpc) is 2.46. The van der Waals surface area contributed by atoms with Gasteiger partial charge >= 0.3 is 8.80 Å². The van der Waals surface area contributed by atoms with E-state index in [-0.39, 0.29) is 0 Å². The summed E-state index contributed by atoms with van der Waals surface area (Å²) in [5, 5.41) is 3.13. The van der Waals surface area contributed by atoms with Gasteiger partial charge in [-0.05, 0) is 19.3 Å². The van der Waals surface area contributed by atoms with E-state index in [2.05, 4.69) is 26.1 Å². The van der Waals surface area contributed by atoms with Crippen LogP contribution in [0, 0.1) is 0 Å². The highest BCUT2D eigenvalue weighted by Crippen LogP contribution is 2.12. The van der Waals surface area contributed by atoms with Crippen LogP contribution in [0.1, 0.15) is 59.3 Å². The van der Waals surface area contributed by atoms with E-state index < -0.39 is 8.80 Å². The molecule has 0 aliphatic carbocycles. The van der Waals surface area contributed by atoms with Crippen LogP contribution in [0.25, 0.3) is 0 Å². The van der Waals surface area contributed by atoms with Crippen molar-refractivity contribution in [1.29, 1.82) is 0 Å². The summed E-state index contributed by atoms with van der Waals surface area (Å²) in [5.41, 5.74) is 5.54. The highest BCUT2D eigenvalue weighted by atomic mass is 28.4. The fraction of sp³-hybridized carbons (Fsp3) is 1.00. The van der Waals surface area contributed by atoms with Crippen molar-refractivity contribution in [2.45, 2.75) is 59.3 Å². The number of rotatable bonds is 15. The molecule has 0 saturated carbocycles. The molecule has 0 aromatic heterocycles. The van der Waals surface area contributed by atoms with Crippen LogP contribution < -0.4 is 11.1 Å². The zero-order valence-corrected chi connectivity index (χ0v) is 14.6. The van der Waals surface area contributed by atoms with Crippen molar-refractivity contribution in [1.82, 2.24) is 5.32 Å². The molecule has 0 amide bonds. The quantitative estimate of drug-likeness (QED) is 0.276. The summed E-state index contributed by atoms with van der Waals surface area (Å²) in [7, 11) is -2.62. The van der Waals surface area contributed by atoms with Crippen LogP contribution in [0.5, 0.6) is 0 Å². The Balaban J connectivity index is 4.48. The van der Waals surface area contributed by atoms with Crippen LogP contribution in [-0.2, 0) is 13.3 Å². The molecule has 0 rings (SSSR count). The molecule has 0 saturated heterocycles. The van der Waals surface area contributed by atoms with Crippen LogP contribution >= 0.6 is 0 Å². The largest absolute Gasteiger partial charge is 0.515 e. The van der Waals surface area contributed by atoms with E-state index in [1.54, 1.807) is 0 Å². The van der Waals surface area contributed by atoms with Gasteiger partial charge in [0, 0.05) is 26.5 Å². The Kier molecular flexibility index (Phi) is 14.0. The lowest BCUT2D eigenvalue weighted by molar-refractivity contribution is 0.0553. The molecule has 3 N–H and O–H groups in total. The first-order chi connectivity index (χ1) is 9.74. The zero-order chi connectivity index (χ0) is 15.1. The molecule has 0 bridgehead atoms. The average molecular weight is 307 g/mol. The standard InChI is InChI=1S/C14H34N2O3Si/c1-4-7-10-17-20(14-16-13-15,18-11-8-5-2)19-12-9-6-3/h16H,4-15H2,1-3H3. The molecule has 20 heavy (non-hydrogen) atoms. The van der Waals surface area contributed by atoms with Crippen molar-refractivity contribution in [3.05, 3.63) is 0 Å². The first-order valence-corrected chi connectivity index (χ1v) is 10.0. The zero-order valence-electron chi connectivity index (χ0n) is 13.6. The number of nitrogens with one attached hydrogen (secondary N) is 1. The minimum atomic E-state index is -2.62. The second-order valence-electron chi connectivity index (χ2n) is 4.92. The van der Waals surface area contributed by atoms with Crippen LogP contribution in [0.15, 0.2) is 0 Å². The van der Waals surface area contributed by atoms with Gasteiger partial charge in [-0.2, -0.15) is 0 Å². The number of hydrogen-bond acceptors (Lipinski definition) is 5. The predicted molar refractivity (Wildman–Crippen MR) is 85.4 cm³/mol. The Labute approximate surface area is 125 Å². The highest BCUT2D eigenvalue weighted by Gasteiger charge is 2.40. The van der Waals surface area contributed by atoms with E-state index in [1.807, 2.05) is 0 Å². The first-order valence-electron chi connectivity index (χ1n) is 8.07. The second kappa shape index (κ2) is 14.0. The SMILES string of the molecule is CCCCO[Si](CNCN)(OCCCC)OCCCC. The van der Waals surface area contributed by atoms with Gasteiger partial charge in [-0.3, -0.25) is 0 Å². The Morgan fingerprint density at radius 2 is 1.20 bits per heavy atom. The third-order valence-corrected chi connectivity index (χ3v) is 5.56. The van der Waals surface area contributed by atoms with E-state index in [4.69, 9.17) is 19.0 Å². The Morgan fingerprint density at radius 1 is 0.800 bits per heavy atom. The number of nitrogens with two attached hydrogens (primary N) is 1. The molecule has 0 fully saturated rings. The smallest absolute Gasteiger partial charge is 0.373 e. The van der Waals surface area contributed by atoms with Crippen LogP contribution in [0.4, 0.5) is 0 Å². The monoisotopic (exact) mass is 306 g/mol. The lowest BCUT2D eigenvalue weighted by Crippen LogP contribution is -2.55. The molecule has 122 valence electrons. The summed E-state index contributed by atoms with van der Waals surface area (Å²) in [5.74, 6) is 0. The maximum atomic E-state index is 6.04. The van der Waals surface area contributed by atoms with E-state index >= 15 is 0 Å². The van der Waals surface area contributed by atoms with E-state index in [1.165, 1.54) is 0 Å². The minimum absolute atomic E-state index is 0.417. The van der Waals surface area contributed by atoms with E-state index in [0.717, 1.165) is 38.5 Å². The fourth-order valence-corrected chi connectivity index (χ4v) is 3.99. The molecule has 0 aromatic rings. The van der Waals surface area contributed by atoms with Gasteiger partial charge in [0.25, 0.3) is 0 Å². The Hall–Kier alpha value is 0.0169. The first kappa shape index (κ1) is 20.0. The Bertz CT molecular complexity index is 182. The molecule has 5 nitrogen and oxygen atoms in total. The maximum absolute atomic E-state index is 6.04. The normalized spacial score (nSPS) is 12.0. The summed E-state index contributed by atoms with van der Waals surface area (Å²) >= 11 is 0. The topological polar surface area (TPSA) is 65.7 Å². The van der Waals surface area contributed by atoms with Crippen molar-refractivity contribution in [3.63, 3.8) is 0 Å².